The highest BCUT2D eigenvalue weighted by Gasteiger charge is 2.20. The molecule has 2 N–H and O–H groups in total. The summed E-state index contributed by atoms with van der Waals surface area (Å²) >= 11 is 6.61. The van der Waals surface area contributed by atoms with E-state index in [1.165, 1.54) is 5.56 Å². The number of hydrogen-bond acceptors (Lipinski definition) is 3. The van der Waals surface area contributed by atoms with E-state index in [2.05, 4.69) is 58.5 Å². The van der Waals surface area contributed by atoms with Crippen molar-refractivity contribution in [2.24, 2.45) is 5.92 Å². The summed E-state index contributed by atoms with van der Waals surface area (Å²) in [5.41, 5.74) is 4.34. The van der Waals surface area contributed by atoms with Gasteiger partial charge in [0.15, 0.2) is 0 Å². The van der Waals surface area contributed by atoms with E-state index in [1.807, 2.05) is 44.6 Å². The summed E-state index contributed by atoms with van der Waals surface area (Å²) in [4.78, 5) is 15.0. The summed E-state index contributed by atoms with van der Waals surface area (Å²) in [6, 6.07) is 16.6. The lowest BCUT2D eigenvalue weighted by molar-refractivity contribution is -0.121. The molecule has 6 heteroatoms. The third kappa shape index (κ3) is 7.44. The van der Waals surface area contributed by atoms with Crippen molar-refractivity contribution in [2.75, 3.05) is 20.6 Å². The van der Waals surface area contributed by atoms with E-state index < -0.39 is 0 Å². The molecule has 2 aromatic carbocycles. The molecule has 5 nitrogen and oxygen atoms in total. The lowest BCUT2D eigenvalue weighted by Gasteiger charge is -2.26. The quantitative estimate of drug-likeness (QED) is 0.390. The smallest absolute Gasteiger partial charge is 0.220 e. The SMILES string of the molecule is CC(C)CC(CC(=O)NCC(Cc1ccc(-c2cn[nH]c2)cc1Cl)N(C)C)c1ccccc1. The van der Waals surface area contributed by atoms with Gasteiger partial charge in [-0.05, 0) is 61.5 Å². The number of halogens is 1. The van der Waals surface area contributed by atoms with E-state index >= 15 is 0 Å². The molecule has 0 fully saturated rings. The Bertz CT molecular complexity index is 1000. The fraction of sp³-hybridized carbons (Fsp3) is 0.407. The third-order valence-corrected chi connectivity index (χ3v) is 6.42. The number of nitrogens with zero attached hydrogens (tertiary/aromatic N) is 2. The van der Waals surface area contributed by atoms with E-state index in [-0.39, 0.29) is 17.9 Å². The second-order valence-electron chi connectivity index (χ2n) is 9.36. The van der Waals surface area contributed by atoms with Gasteiger partial charge in [0.2, 0.25) is 5.91 Å². The van der Waals surface area contributed by atoms with Gasteiger partial charge in [-0.3, -0.25) is 9.89 Å². The highest BCUT2D eigenvalue weighted by Crippen LogP contribution is 2.28. The van der Waals surface area contributed by atoms with Gasteiger partial charge in [-0.1, -0.05) is 67.9 Å². The first kappa shape index (κ1) is 25.0. The summed E-state index contributed by atoms with van der Waals surface area (Å²) in [5.74, 6) is 0.858. The molecule has 3 rings (SSSR count). The molecule has 3 aromatic rings. The first-order valence-electron chi connectivity index (χ1n) is 11.6. The Balaban J connectivity index is 1.61. The van der Waals surface area contributed by atoms with Crippen molar-refractivity contribution in [2.45, 2.75) is 45.1 Å². The highest BCUT2D eigenvalue weighted by atomic mass is 35.5. The van der Waals surface area contributed by atoms with Crippen molar-refractivity contribution < 1.29 is 4.79 Å². The van der Waals surface area contributed by atoms with Crippen LogP contribution in [0.3, 0.4) is 0 Å². The number of carbonyl (C=O) groups excluding carboxylic acids is 1. The summed E-state index contributed by atoms with van der Waals surface area (Å²) in [5, 5.41) is 10.7. The van der Waals surface area contributed by atoms with Crippen LogP contribution in [-0.4, -0.2) is 47.7 Å². The molecule has 0 aliphatic carbocycles. The zero-order chi connectivity index (χ0) is 23.8. The fourth-order valence-electron chi connectivity index (χ4n) is 4.15. The Kier molecular flexibility index (Phi) is 9.10. The van der Waals surface area contributed by atoms with Crippen LogP contribution in [0, 0.1) is 5.92 Å². The first-order chi connectivity index (χ1) is 15.8. The predicted octanol–water partition coefficient (Wildman–Crippen LogP) is 5.54. The minimum Gasteiger partial charge on any atom is -0.355 e. The van der Waals surface area contributed by atoms with Crippen LogP contribution in [0.5, 0.6) is 0 Å². The second-order valence-corrected chi connectivity index (χ2v) is 9.77. The Labute approximate surface area is 202 Å². The van der Waals surface area contributed by atoms with Gasteiger partial charge in [-0.25, -0.2) is 0 Å². The van der Waals surface area contributed by atoms with Crippen LogP contribution in [0.25, 0.3) is 11.1 Å². The Morgan fingerprint density at radius 2 is 1.88 bits per heavy atom. The van der Waals surface area contributed by atoms with Crippen LogP contribution >= 0.6 is 11.6 Å². The topological polar surface area (TPSA) is 61.0 Å². The molecular weight excluding hydrogens is 432 g/mol. The Hall–Kier alpha value is -2.63. The lowest BCUT2D eigenvalue weighted by atomic mass is 9.87. The second kappa shape index (κ2) is 12.0. The van der Waals surface area contributed by atoms with Gasteiger partial charge >= 0.3 is 0 Å². The normalized spacial score (nSPS) is 13.3. The molecule has 0 aliphatic heterocycles. The van der Waals surface area contributed by atoms with E-state index in [9.17, 15) is 4.79 Å². The maximum Gasteiger partial charge on any atom is 0.220 e. The Morgan fingerprint density at radius 3 is 2.48 bits per heavy atom. The first-order valence-corrected chi connectivity index (χ1v) is 12.0. The molecule has 0 saturated heterocycles. The molecule has 1 aromatic heterocycles. The van der Waals surface area contributed by atoms with Crippen LogP contribution < -0.4 is 5.32 Å². The van der Waals surface area contributed by atoms with Crippen molar-refractivity contribution in [1.29, 1.82) is 0 Å². The Morgan fingerprint density at radius 1 is 1.12 bits per heavy atom. The standard InChI is InChI=1S/C27H35ClN4O/c1-19(2)12-23(20-8-6-5-7-9-20)15-27(33)29-18-25(32(3)4)13-22-11-10-21(14-26(22)28)24-16-30-31-17-24/h5-11,14,16-17,19,23,25H,12-13,15,18H2,1-4H3,(H,29,33)(H,30,31). The number of nitrogens with one attached hydrogen (secondary N) is 2. The van der Waals surface area contributed by atoms with E-state index in [1.54, 1.807) is 6.20 Å². The molecule has 0 bridgehead atoms. The van der Waals surface area contributed by atoms with Crippen LogP contribution in [0.1, 0.15) is 43.7 Å². The number of aromatic nitrogens is 2. The molecule has 2 atom stereocenters. The van der Waals surface area contributed by atoms with E-state index in [0.717, 1.165) is 34.6 Å². The number of H-pyrrole nitrogens is 1. The van der Waals surface area contributed by atoms with Crippen molar-refractivity contribution >= 4 is 17.5 Å². The molecule has 176 valence electrons. The van der Waals surface area contributed by atoms with Crippen molar-refractivity contribution in [3.05, 3.63) is 77.1 Å². The lowest BCUT2D eigenvalue weighted by Crippen LogP contribution is -2.42. The van der Waals surface area contributed by atoms with Crippen LogP contribution in [0.2, 0.25) is 5.02 Å². The molecule has 0 saturated carbocycles. The van der Waals surface area contributed by atoms with E-state index in [4.69, 9.17) is 11.6 Å². The number of aromatic amines is 1. The van der Waals surface area contributed by atoms with E-state index in [0.29, 0.717) is 18.9 Å². The number of amides is 1. The minimum atomic E-state index is 0.0951. The van der Waals surface area contributed by atoms with Gasteiger partial charge in [0.05, 0.1) is 6.20 Å². The summed E-state index contributed by atoms with van der Waals surface area (Å²) in [7, 11) is 4.08. The molecule has 2 unspecified atom stereocenters. The summed E-state index contributed by atoms with van der Waals surface area (Å²) < 4.78 is 0. The molecule has 0 aliphatic rings. The third-order valence-electron chi connectivity index (χ3n) is 6.06. The van der Waals surface area contributed by atoms with Gasteiger partial charge in [0.1, 0.15) is 0 Å². The van der Waals surface area contributed by atoms with Crippen LogP contribution in [0.15, 0.2) is 60.9 Å². The zero-order valence-electron chi connectivity index (χ0n) is 20.0. The maximum atomic E-state index is 12.9. The fourth-order valence-corrected chi connectivity index (χ4v) is 4.41. The van der Waals surface area contributed by atoms with Gasteiger partial charge in [0, 0.05) is 35.8 Å². The van der Waals surface area contributed by atoms with Crippen molar-refractivity contribution in [3.8, 4) is 11.1 Å². The van der Waals surface area contributed by atoms with Gasteiger partial charge in [0.25, 0.3) is 0 Å². The van der Waals surface area contributed by atoms with Crippen LogP contribution in [0.4, 0.5) is 0 Å². The minimum absolute atomic E-state index is 0.0951. The number of likely N-dealkylation sites (N-methyl/N-ethyl adjacent to an activating group) is 1. The largest absolute Gasteiger partial charge is 0.355 e. The van der Waals surface area contributed by atoms with Gasteiger partial charge in [-0.2, -0.15) is 5.10 Å². The molecule has 1 heterocycles. The zero-order valence-corrected chi connectivity index (χ0v) is 20.8. The number of benzene rings is 2. The van der Waals surface area contributed by atoms with Crippen LogP contribution in [-0.2, 0) is 11.2 Å². The van der Waals surface area contributed by atoms with Gasteiger partial charge in [-0.15, -0.1) is 0 Å². The molecule has 0 spiro atoms. The average molecular weight is 467 g/mol. The molecule has 33 heavy (non-hydrogen) atoms. The molecule has 1 amide bonds. The van der Waals surface area contributed by atoms with Crippen molar-refractivity contribution in [3.63, 3.8) is 0 Å². The average Bonchev–Trinajstić information content (AvgIpc) is 3.32. The number of carbonyl (C=O) groups is 1. The summed E-state index contributed by atoms with van der Waals surface area (Å²) in [6.07, 6.45) is 5.89. The predicted molar refractivity (Wildman–Crippen MR) is 136 cm³/mol. The monoisotopic (exact) mass is 466 g/mol. The highest BCUT2D eigenvalue weighted by molar-refractivity contribution is 6.31. The number of hydrogen-bond donors (Lipinski definition) is 2. The van der Waals surface area contributed by atoms with Crippen molar-refractivity contribution in [1.82, 2.24) is 20.4 Å². The molecule has 0 radical (unpaired) electrons. The van der Waals surface area contributed by atoms with Gasteiger partial charge < -0.3 is 10.2 Å². The number of rotatable bonds is 11. The molecular formula is C27H35ClN4O. The summed E-state index contributed by atoms with van der Waals surface area (Å²) in [6.45, 7) is 4.99. The maximum absolute atomic E-state index is 12.9.